The lowest BCUT2D eigenvalue weighted by Crippen LogP contribution is -2.18. The maximum atomic E-state index is 13.6. The average molecular weight is 281 g/mol. The fourth-order valence-electron chi connectivity index (χ4n) is 1.66. The van der Waals surface area contributed by atoms with E-state index in [2.05, 4.69) is 14.9 Å². The van der Waals surface area contributed by atoms with Gasteiger partial charge in [-0.3, -0.25) is 0 Å². The number of benzene rings is 1. The molecule has 1 aromatic heterocycles. The SMILES string of the molecule is COCCNCc1snnc1-c1ccc(C)c(F)c1. The van der Waals surface area contributed by atoms with E-state index in [0.29, 0.717) is 18.7 Å². The lowest BCUT2D eigenvalue weighted by Gasteiger charge is -2.04. The summed E-state index contributed by atoms with van der Waals surface area (Å²) >= 11 is 1.33. The lowest BCUT2D eigenvalue weighted by molar-refractivity contribution is 0.199. The fraction of sp³-hybridized carbons (Fsp3) is 0.385. The predicted octanol–water partition coefficient (Wildman–Crippen LogP) is 2.39. The highest BCUT2D eigenvalue weighted by molar-refractivity contribution is 7.05. The molecule has 4 nitrogen and oxygen atoms in total. The van der Waals surface area contributed by atoms with Crippen molar-refractivity contribution in [2.45, 2.75) is 13.5 Å². The number of nitrogens with zero attached hydrogens (tertiary/aromatic N) is 2. The van der Waals surface area contributed by atoms with Crippen LogP contribution in [0.4, 0.5) is 4.39 Å². The zero-order valence-corrected chi connectivity index (χ0v) is 11.8. The van der Waals surface area contributed by atoms with Crippen LogP contribution in [-0.4, -0.2) is 29.8 Å². The molecule has 6 heteroatoms. The number of methoxy groups -OCH3 is 1. The minimum Gasteiger partial charge on any atom is -0.383 e. The molecule has 1 aromatic carbocycles. The van der Waals surface area contributed by atoms with E-state index >= 15 is 0 Å². The third-order valence-corrected chi connectivity index (χ3v) is 3.49. The zero-order chi connectivity index (χ0) is 13.7. The van der Waals surface area contributed by atoms with Gasteiger partial charge in [-0.05, 0) is 30.1 Å². The maximum absolute atomic E-state index is 13.6. The predicted molar refractivity (Wildman–Crippen MR) is 73.6 cm³/mol. The fourth-order valence-corrected chi connectivity index (χ4v) is 2.29. The first-order chi connectivity index (χ1) is 9.22. The van der Waals surface area contributed by atoms with E-state index in [0.717, 1.165) is 22.7 Å². The molecule has 1 heterocycles. The molecular formula is C13H16FN3OS. The van der Waals surface area contributed by atoms with E-state index in [4.69, 9.17) is 4.74 Å². The molecule has 0 radical (unpaired) electrons. The number of hydrogen-bond donors (Lipinski definition) is 1. The van der Waals surface area contributed by atoms with Crippen LogP contribution in [0.2, 0.25) is 0 Å². The van der Waals surface area contributed by atoms with Gasteiger partial charge < -0.3 is 10.1 Å². The topological polar surface area (TPSA) is 47.0 Å². The summed E-state index contributed by atoms with van der Waals surface area (Å²) in [6, 6.07) is 5.13. The van der Waals surface area contributed by atoms with Gasteiger partial charge in [0.2, 0.25) is 0 Å². The van der Waals surface area contributed by atoms with Gasteiger partial charge in [0.1, 0.15) is 11.5 Å². The number of aromatic nitrogens is 2. The first-order valence-electron chi connectivity index (χ1n) is 5.99. The van der Waals surface area contributed by atoms with Gasteiger partial charge in [-0.25, -0.2) is 4.39 Å². The molecule has 0 bridgehead atoms. The van der Waals surface area contributed by atoms with Crippen molar-refractivity contribution in [2.75, 3.05) is 20.3 Å². The van der Waals surface area contributed by atoms with Crippen molar-refractivity contribution in [3.05, 3.63) is 34.5 Å². The van der Waals surface area contributed by atoms with E-state index < -0.39 is 0 Å². The molecule has 0 saturated carbocycles. The molecule has 19 heavy (non-hydrogen) atoms. The van der Waals surface area contributed by atoms with Crippen LogP contribution in [0, 0.1) is 12.7 Å². The van der Waals surface area contributed by atoms with E-state index in [1.54, 1.807) is 20.1 Å². The molecule has 102 valence electrons. The Morgan fingerprint density at radius 2 is 2.26 bits per heavy atom. The summed E-state index contributed by atoms with van der Waals surface area (Å²) in [4.78, 5) is 0.999. The van der Waals surface area contributed by atoms with Gasteiger partial charge in [0.15, 0.2) is 0 Å². The number of nitrogens with one attached hydrogen (secondary N) is 1. The van der Waals surface area contributed by atoms with Gasteiger partial charge in [-0.15, -0.1) is 5.10 Å². The van der Waals surface area contributed by atoms with Crippen LogP contribution in [-0.2, 0) is 11.3 Å². The summed E-state index contributed by atoms with van der Waals surface area (Å²) in [5.41, 5.74) is 2.14. The quantitative estimate of drug-likeness (QED) is 0.826. The Kier molecular flexibility index (Phi) is 4.95. The van der Waals surface area contributed by atoms with Crippen molar-refractivity contribution in [3.63, 3.8) is 0 Å². The molecule has 0 atom stereocenters. The van der Waals surface area contributed by atoms with E-state index in [9.17, 15) is 4.39 Å². The molecule has 2 rings (SSSR count). The lowest BCUT2D eigenvalue weighted by atomic mass is 10.1. The van der Waals surface area contributed by atoms with Crippen LogP contribution < -0.4 is 5.32 Å². The van der Waals surface area contributed by atoms with Crippen molar-refractivity contribution in [1.82, 2.24) is 14.9 Å². The number of rotatable bonds is 6. The van der Waals surface area contributed by atoms with Crippen molar-refractivity contribution in [2.24, 2.45) is 0 Å². The van der Waals surface area contributed by atoms with Gasteiger partial charge in [0.25, 0.3) is 0 Å². The maximum Gasteiger partial charge on any atom is 0.126 e. The number of hydrogen-bond acceptors (Lipinski definition) is 5. The smallest absolute Gasteiger partial charge is 0.126 e. The standard InChI is InChI=1S/C13H16FN3OS/c1-9-3-4-10(7-11(9)14)13-12(19-17-16-13)8-15-5-6-18-2/h3-4,7,15H,5-6,8H2,1-2H3. The van der Waals surface area contributed by atoms with Crippen molar-refractivity contribution < 1.29 is 9.13 Å². The molecule has 0 spiro atoms. The Morgan fingerprint density at radius 3 is 3.00 bits per heavy atom. The molecule has 0 aliphatic heterocycles. The second-order valence-electron chi connectivity index (χ2n) is 4.18. The Morgan fingerprint density at radius 1 is 1.42 bits per heavy atom. The van der Waals surface area contributed by atoms with Gasteiger partial charge in [-0.1, -0.05) is 16.6 Å². The van der Waals surface area contributed by atoms with Crippen molar-refractivity contribution >= 4 is 11.5 Å². The summed E-state index contributed by atoms with van der Waals surface area (Å²) in [7, 11) is 1.66. The minimum absolute atomic E-state index is 0.219. The monoisotopic (exact) mass is 281 g/mol. The molecule has 1 N–H and O–H groups in total. The summed E-state index contributed by atoms with van der Waals surface area (Å²) in [6.07, 6.45) is 0. The van der Waals surface area contributed by atoms with Crippen molar-refractivity contribution in [3.8, 4) is 11.3 Å². The summed E-state index contributed by atoms with van der Waals surface area (Å²) in [6.45, 7) is 3.81. The highest BCUT2D eigenvalue weighted by atomic mass is 32.1. The van der Waals surface area contributed by atoms with E-state index in [-0.39, 0.29) is 5.82 Å². The zero-order valence-electron chi connectivity index (χ0n) is 10.9. The Hall–Kier alpha value is -1.37. The second kappa shape index (κ2) is 6.70. The van der Waals surface area contributed by atoms with Crippen LogP contribution in [0.25, 0.3) is 11.3 Å². The average Bonchev–Trinajstić information content (AvgIpc) is 2.86. The second-order valence-corrected chi connectivity index (χ2v) is 5.02. The van der Waals surface area contributed by atoms with Gasteiger partial charge in [0, 0.05) is 25.8 Å². The molecule has 0 fully saturated rings. The van der Waals surface area contributed by atoms with Crippen LogP contribution >= 0.6 is 11.5 Å². The highest BCUT2D eigenvalue weighted by Crippen LogP contribution is 2.25. The Balaban J connectivity index is 2.12. The number of ether oxygens (including phenoxy) is 1. The Bertz CT molecular complexity index is 544. The van der Waals surface area contributed by atoms with Crippen molar-refractivity contribution in [1.29, 1.82) is 0 Å². The summed E-state index contributed by atoms with van der Waals surface area (Å²) in [5.74, 6) is -0.219. The summed E-state index contributed by atoms with van der Waals surface area (Å²) in [5, 5.41) is 7.32. The molecule has 0 aliphatic rings. The highest BCUT2D eigenvalue weighted by Gasteiger charge is 2.11. The van der Waals surface area contributed by atoms with Crippen LogP contribution in [0.5, 0.6) is 0 Å². The molecule has 0 aliphatic carbocycles. The first-order valence-corrected chi connectivity index (χ1v) is 6.77. The van der Waals surface area contributed by atoms with Crippen LogP contribution in [0.15, 0.2) is 18.2 Å². The molecule has 0 unspecified atom stereocenters. The normalized spacial score (nSPS) is 10.9. The van der Waals surface area contributed by atoms with E-state index in [1.165, 1.54) is 17.6 Å². The molecule has 2 aromatic rings. The van der Waals surface area contributed by atoms with E-state index in [1.807, 2.05) is 6.07 Å². The summed E-state index contributed by atoms with van der Waals surface area (Å²) < 4.78 is 22.5. The van der Waals surface area contributed by atoms with Gasteiger partial charge in [0.05, 0.1) is 11.5 Å². The minimum atomic E-state index is -0.219. The largest absolute Gasteiger partial charge is 0.383 e. The third-order valence-electron chi connectivity index (χ3n) is 2.77. The van der Waals surface area contributed by atoms with Gasteiger partial charge >= 0.3 is 0 Å². The molecule has 0 amide bonds. The first kappa shape index (κ1) is 14.0. The van der Waals surface area contributed by atoms with Crippen LogP contribution in [0.3, 0.4) is 0 Å². The van der Waals surface area contributed by atoms with Crippen LogP contribution in [0.1, 0.15) is 10.4 Å². The number of halogens is 1. The van der Waals surface area contributed by atoms with Gasteiger partial charge in [-0.2, -0.15) is 0 Å². The number of aryl methyl sites for hydroxylation is 1. The third kappa shape index (κ3) is 3.56. The Labute approximate surface area is 115 Å². The molecular weight excluding hydrogens is 265 g/mol. The molecule has 0 saturated heterocycles.